The molecule has 0 bridgehead atoms. The fourth-order valence-corrected chi connectivity index (χ4v) is 5.80. The number of rotatable bonds is 3. The van der Waals surface area contributed by atoms with Crippen LogP contribution in [-0.2, 0) is 9.53 Å². The van der Waals surface area contributed by atoms with Crippen LogP contribution in [0.15, 0.2) is 46.4 Å². The Morgan fingerprint density at radius 3 is 2.61 bits per heavy atom. The van der Waals surface area contributed by atoms with Crippen molar-refractivity contribution in [3.8, 4) is 11.3 Å². The summed E-state index contributed by atoms with van der Waals surface area (Å²) in [6, 6.07) is 9.88. The average molecular weight is 524 g/mol. The number of amidine groups is 1. The molecular formula is C25H26ClN7O2S. The van der Waals surface area contributed by atoms with Crippen LogP contribution in [0.3, 0.4) is 0 Å². The Hall–Kier alpha value is -2.92. The van der Waals surface area contributed by atoms with Gasteiger partial charge in [-0.05, 0) is 49.2 Å². The van der Waals surface area contributed by atoms with Crippen LogP contribution in [0.2, 0.25) is 5.02 Å². The first-order valence-electron chi connectivity index (χ1n) is 12.0. The lowest BCUT2D eigenvalue weighted by Crippen LogP contribution is -2.44. The molecule has 9 nitrogen and oxygen atoms in total. The average Bonchev–Trinajstić information content (AvgIpc) is 3.48. The highest BCUT2D eigenvalue weighted by Gasteiger charge is 2.27. The van der Waals surface area contributed by atoms with Crippen LogP contribution in [0, 0.1) is 0 Å². The highest BCUT2D eigenvalue weighted by atomic mass is 35.5. The van der Waals surface area contributed by atoms with E-state index in [4.69, 9.17) is 21.4 Å². The number of thioether (sulfide) groups is 1. The van der Waals surface area contributed by atoms with Crippen LogP contribution in [0.25, 0.3) is 23.0 Å². The Morgan fingerprint density at radius 2 is 1.83 bits per heavy atom. The molecule has 6 rings (SSSR count). The molecule has 0 spiro atoms. The predicted octanol–water partition coefficient (Wildman–Crippen LogP) is 3.10. The molecule has 0 atom stereocenters. The van der Waals surface area contributed by atoms with Crippen molar-refractivity contribution in [3.63, 3.8) is 0 Å². The zero-order chi connectivity index (χ0) is 24.6. The lowest BCUT2D eigenvalue weighted by atomic mass is 10.1. The zero-order valence-electron chi connectivity index (χ0n) is 19.9. The molecule has 0 N–H and O–H groups in total. The van der Waals surface area contributed by atoms with Gasteiger partial charge in [-0.1, -0.05) is 17.7 Å². The number of halogens is 1. The maximum atomic E-state index is 12.5. The lowest BCUT2D eigenvalue weighted by molar-refractivity contribution is -0.113. The van der Waals surface area contributed by atoms with Crippen LogP contribution >= 0.6 is 23.4 Å². The standard InChI is InChI=1S/C25H26ClN7O2S/c1-30-6-8-31(9-7-30)20-4-2-17(14-19(20)26)21-16-27-23-5-3-18(29-33(21)23)15-22-24(34)28-25(36-22)32-10-12-35-13-11-32/h2-5,14-16H,6-13H2,1H3. The number of amides is 1. The van der Waals surface area contributed by atoms with Crippen LogP contribution in [0.4, 0.5) is 5.69 Å². The third kappa shape index (κ3) is 4.61. The Labute approximate surface area is 218 Å². The van der Waals surface area contributed by atoms with Crippen LogP contribution < -0.4 is 4.90 Å². The number of aliphatic imine (C=N–C) groups is 1. The van der Waals surface area contributed by atoms with Gasteiger partial charge in [-0.3, -0.25) is 4.79 Å². The molecule has 5 heterocycles. The monoisotopic (exact) mass is 523 g/mol. The van der Waals surface area contributed by atoms with Gasteiger partial charge in [-0.2, -0.15) is 10.1 Å². The molecule has 11 heteroatoms. The van der Waals surface area contributed by atoms with Crippen molar-refractivity contribution in [2.45, 2.75) is 0 Å². The summed E-state index contributed by atoms with van der Waals surface area (Å²) in [4.78, 5) is 28.6. The van der Waals surface area contributed by atoms with E-state index >= 15 is 0 Å². The number of hydrogen-bond acceptors (Lipinski definition) is 8. The van der Waals surface area contributed by atoms with Crippen molar-refractivity contribution in [1.29, 1.82) is 0 Å². The topological polar surface area (TPSA) is 78.6 Å². The minimum absolute atomic E-state index is 0.236. The van der Waals surface area contributed by atoms with Crippen molar-refractivity contribution in [3.05, 3.63) is 52.2 Å². The largest absolute Gasteiger partial charge is 0.378 e. The van der Waals surface area contributed by atoms with Gasteiger partial charge in [-0.15, -0.1) is 0 Å². The highest BCUT2D eigenvalue weighted by Crippen LogP contribution is 2.33. The van der Waals surface area contributed by atoms with E-state index in [1.165, 1.54) is 11.8 Å². The minimum Gasteiger partial charge on any atom is -0.378 e. The summed E-state index contributed by atoms with van der Waals surface area (Å²) in [5.41, 5.74) is 4.21. The van der Waals surface area contributed by atoms with Crippen molar-refractivity contribution in [1.82, 2.24) is 24.4 Å². The second-order valence-corrected chi connectivity index (χ2v) is 10.5. The summed E-state index contributed by atoms with van der Waals surface area (Å²) in [7, 11) is 2.14. The van der Waals surface area contributed by atoms with E-state index in [0.717, 1.165) is 67.0 Å². The van der Waals surface area contributed by atoms with Crippen molar-refractivity contribution < 1.29 is 9.53 Å². The molecule has 186 valence electrons. The van der Waals surface area contributed by atoms with Crippen LogP contribution in [-0.4, -0.2) is 95.0 Å². The number of nitrogens with zero attached hydrogens (tertiary/aromatic N) is 7. The second kappa shape index (κ2) is 9.85. The molecular weight excluding hydrogens is 498 g/mol. The maximum absolute atomic E-state index is 12.5. The van der Waals surface area contributed by atoms with E-state index in [0.29, 0.717) is 28.8 Å². The summed E-state index contributed by atoms with van der Waals surface area (Å²) in [5.74, 6) is -0.236. The summed E-state index contributed by atoms with van der Waals surface area (Å²) >= 11 is 8.11. The van der Waals surface area contributed by atoms with Gasteiger partial charge in [0.15, 0.2) is 10.8 Å². The number of morpholine rings is 1. The first kappa shape index (κ1) is 23.5. The molecule has 1 aromatic carbocycles. The summed E-state index contributed by atoms with van der Waals surface area (Å²) < 4.78 is 7.19. The number of carbonyl (C=O) groups is 1. The van der Waals surface area contributed by atoms with Crippen LogP contribution in [0.1, 0.15) is 5.69 Å². The smallest absolute Gasteiger partial charge is 0.286 e. The van der Waals surface area contributed by atoms with E-state index in [-0.39, 0.29) is 5.91 Å². The van der Waals surface area contributed by atoms with Gasteiger partial charge in [0.2, 0.25) is 0 Å². The zero-order valence-corrected chi connectivity index (χ0v) is 21.5. The molecule has 3 aliphatic heterocycles. The number of anilines is 1. The Kier molecular flexibility index (Phi) is 6.43. The number of aromatic nitrogens is 3. The van der Waals surface area contributed by atoms with Gasteiger partial charge in [0.05, 0.1) is 46.4 Å². The minimum atomic E-state index is -0.236. The number of benzene rings is 1. The Bertz CT molecular complexity index is 1370. The molecule has 1 amide bonds. The molecule has 0 aliphatic carbocycles. The Morgan fingerprint density at radius 1 is 1.03 bits per heavy atom. The number of imidazole rings is 1. The van der Waals surface area contributed by atoms with Gasteiger partial charge in [0.25, 0.3) is 5.91 Å². The lowest BCUT2D eigenvalue weighted by Gasteiger charge is -2.34. The number of hydrogen-bond donors (Lipinski definition) is 0. The quantitative estimate of drug-likeness (QED) is 0.485. The summed E-state index contributed by atoms with van der Waals surface area (Å²) in [5, 5.41) is 6.21. The molecule has 2 aromatic heterocycles. The van der Waals surface area contributed by atoms with Crippen LogP contribution in [0.5, 0.6) is 0 Å². The van der Waals surface area contributed by atoms with Gasteiger partial charge < -0.3 is 19.4 Å². The molecule has 3 aromatic rings. The molecule has 2 fully saturated rings. The fraction of sp³-hybridized carbons (Fsp3) is 0.360. The first-order valence-corrected chi connectivity index (χ1v) is 13.2. The normalized spacial score (nSPS) is 20.6. The molecule has 0 radical (unpaired) electrons. The van der Waals surface area contributed by atoms with E-state index < -0.39 is 0 Å². The summed E-state index contributed by atoms with van der Waals surface area (Å²) in [6.07, 6.45) is 3.59. The SMILES string of the molecule is CN1CCN(c2ccc(-c3cnc4ccc(C=C5SC(N6CCOCC6)=NC5=O)nn34)cc2Cl)CC1. The van der Waals surface area contributed by atoms with Gasteiger partial charge >= 0.3 is 0 Å². The van der Waals surface area contributed by atoms with Gasteiger partial charge in [0.1, 0.15) is 0 Å². The third-order valence-corrected chi connectivity index (χ3v) is 7.99. The first-order chi connectivity index (χ1) is 17.5. The van der Waals surface area contributed by atoms with E-state index in [1.807, 2.05) is 18.2 Å². The second-order valence-electron chi connectivity index (χ2n) is 9.04. The Balaban J connectivity index is 1.25. The van der Waals surface area contributed by atoms with Crippen molar-refractivity contribution in [2.24, 2.45) is 4.99 Å². The molecule has 36 heavy (non-hydrogen) atoms. The predicted molar refractivity (Wildman–Crippen MR) is 144 cm³/mol. The van der Waals surface area contributed by atoms with E-state index in [1.54, 1.807) is 16.8 Å². The number of ether oxygens (including phenoxy) is 1. The number of piperazine rings is 1. The van der Waals surface area contributed by atoms with E-state index in [9.17, 15) is 4.79 Å². The number of likely N-dealkylation sites (N-methyl/N-ethyl adjacent to an activating group) is 1. The summed E-state index contributed by atoms with van der Waals surface area (Å²) in [6.45, 7) is 6.73. The van der Waals surface area contributed by atoms with Crippen molar-refractivity contribution in [2.75, 3.05) is 64.4 Å². The third-order valence-electron chi connectivity index (χ3n) is 6.64. The van der Waals surface area contributed by atoms with E-state index in [2.05, 4.69) is 43.9 Å². The maximum Gasteiger partial charge on any atom is 0.286 e. The highest BCUT2D eigenvalue weighted by molar-refractivity contribution is 8.18. The van der Waals surface area contributed by atoms with Crippen molar-refractivity contribution >= 4 is 51.8 Å². The molecule has 3 aliphatic rings. The fourth-order valence-electron chi connectivity index (χ4n) is 4.55. The molecule has 0 unspecified atom stereocenters. The van der Waals surface area contributed by atoms with Gasteiger partial charge in [0, 0.05) is 44.8 Å². The molecule has 2 saturated heterocycles. The number of carbonyl (C=O) groups excluding carboxylic acids is 1. The van der Waals surface area contributed by atoms with Gasteiger partial charge in [-0.25, -0.2) is 9.50 Å². The molecule has 0 saturated carbocycles. The number of fused-ring (bicyclic) bond motifs is 1.